The van der Waals surface area contributed by atoms with Gasteiger partial charge >= 0.3 is 6.03 Å². The number of rotatable bonds is 5. The Hall–Kier alpha value is -3.32. The highest BCUT2D eigenvalue weighted by Gasteiger charge is 2.13. The van der Waals surface area contributed by atoms with Gasteiger partial charge in [-0.05, 0) is 48.5 Å². The van der Waals surface area contributed by atoms with Gasteiger partial charge in [-0.3, -0.25) is 4.79 Å². The monoisotopic (exact) mass is 364 g/mol. The summed E-state index contributed by atoms with van der Waals surface area (Å²) in [5, 5.41) is 5.92. The minimum atomic E-state index is -0.639. The second kappa shape index (κ2) is 8.17. The Morgan fingerprint density at radius 3 is 2.15 bits per heavy atom. The third-order valence-corrected chi connectivity index (χ3v) is 4.41. The molecular formula is C19H16N4O2S. The molecule has 3 aromatic rings. The first-order chi connectivity index (χ1) is 12.6. The van der Waals surface area contributed by atoms with E-state index in [0.29, 0.717) is 22.0 Å². The van der Waals surface area contributed by atoms with Crippen LogP contribution < -0.4 is 16.4 Å². The van der Waals surface area contributed by atoms with Crippen LogP contribution in [0.1, 0.15) is 10.4 Å². The average Bonchev–Trinajstić information content (AvgIpc) is 2.64. The Morgan fingerprint density at radius 2 is 1.50 bits per heavy atom. The third kappa shape index (κ3) is 4.61. The van der Waals surface area contributed by atoms with Crippen LogP contribution in [-0.4, -0.2) is 16.9 Å². The van der Waals surface area contributed by atoms with Gasteiger partial charge in [0, 0.05) is 22.5 Å². The van der Waals surface area contributed by atoms with E-state index in [0.717, 1.165) is 4.90 Å². The lowest BCUT2D eigenvalue weighted by molar-refractivity contribution is 0.102. The lowest BCUT2D eigenvalue weighted by atomic mass is 10.2. The Labute approximate surface area is 154 Å². The maximum Gasteiger partial charge on any atom is 0.316 e. The zero-order chi connectivity index (χ0) is 18.4. The van der Waals surface area contributed by atoms with E-state index in [1.807, 2.05) is 30.3 Å². The first-order valence-corrected chi connectivity index (χ1v) is 8.59. The zero-order valence-corrected chi connectivity index (χ0v) is 14.5. The van der Waals surface area contributed by atoms with E-state index in [1.54, 1.807) is 42.6 Å². The lowest BCUT2D eigenvalue weighted by Crippen LogP contribution is -2.19. The quantitative estimate of drug-likeness (QED) is 0.638. The topological polar surface area (TPSA) is 97.1 Å². The van der Waals surface area contributed by atoms with E-state index in [2.05, 4.69) is 15.6 Å². The number of benzene rings is 2. The molecule has 0 spiro atoms. The molecular weight excluding hydrogens is 348 g/mol. The van der Waals surface area contributed by atoms with E-state index < -0.39 is 6.03 Å². The molecule has 0 aliphatic carbocycles. The first-order valence-electron chi connectivity index (χ1n) is 7.77. The van der Waals surface area contributed by atoms with Gasteiger partial charge in [-0.2, -0.15) is 0 Å². The number of carbonyl (C=O) groups excluding carboxylic acids is 2. The third-order valence-electron chi connectivity index (χ3n) is 3.38. The second-order valence-electron chi connectivity index (χ2n) is 5.29. The predicted octanol–water partition coefficient (Wildman–Crippen LogP) is 3.98. The first kappa shape index (κ1) is 17.5. The number of amides is 3. The number of anilines is 2. The molecule has 0 atom stereocenters. The van der Waals surface area contributed by atoms with Crippen molar-refractivity contribution in [3.05, 3.63) is 78.5 Å². The second-order valence-corrected chi connectivity index (χ2v) is 6.35. The molecule has 0 bridgehead atoms. The van der Waals surface area contributed by atoms with Crippen molar-refractivity contribution in [2.24, 2.45) is 5.73 Å². The van der Waals surface area contributed by atoms with E-state index in [4.69, 9.17) is 5.73 Å². The summed E-state index contributed by atoms with van der Waals surface area (Å²) in [5.41, 5.74) is 6.71. The molecule has 3 rings (SSSR count). The number of primary amides is 1. The highest BCUT2D eigenvalue weighted by molar-refractivity contribution is 7.99. The number of aromatic nitrogens is 1. The number of hydrogen-bond donors (Lipinski definition) is 3. The SMILES string of the molecule is NC(=O)Nc1ccc(NC(=O)c2cccnc2Sc2ccccc2)cc1. The smallest absolute Gasteiger partial charge is 0.316 e. The largest absolute Gasteiger partial charge is 0.351 e. The summed E-state index contributed by atoms with van der Waals surface area (Å²) in [6, 6.07) is 19.2. The zero-order valence-electron chi connectivity index (χ0n) is 13.7. The van der Waals surface area contributed by atoms with Gasteiger partial charge in [0.25, 0.3) is 5.91 Å². The molecule has 0 unspecified atom stereocenters. The molecule has 2 aromatic carbocycles. The molecule has 0 fully saturated rings. The van der Waals surface area contributed by atoms with Gasteiger partial charge in [-0.1, -0.05) is 30.0 Å². The van der Waals surface area contributed by atoms with Gasteiger partial charge in [0.15, 0.2) is 0 Å². The van der Waals surface area contributed by atoms with Gasteiger partial charge in [0.2, 0.25) is 0 Å². The number of hydrogen-bond acceptors (Lipinski definition) is 4. The molecule has 4 N–H and O–H groups in total. The molecule has 0 saturated heterocycles. The van der Waals surface area contributed by atoms with Crippen LogP contribution in [0.5, 0.6) is 0 Å². The van der Waals surface area contributed by atoms with Crippen molar-refractivity contribution >= 4 is 35.1 Å². The predicted molar refractivity (Wildman–Crippen MR) is 102 cm³/mol. The van der Waals surface area contributed by atoms with Gasteiger partial charge in [0.05, 0.1) is 5.56 Å². The van der Waals surface area contributed by atoms with Crippen molar-refractivity contribution in [2.45, 2.75) is 9.92 Å². The number of nitrogens with one attached hydrogen (secondary N) is 2. The van der Waals surface area contributed by atoms with Crippen molar-refractivity contribution in [3.8, 4) is 0 Å². The summed E-state index contributed by atoms with van der Waals surface area (Å²) in [7, 11) is 0. The van der Waals surface area contributed by atoms with E-state index in [1.165, 1.54) is 11.8 Å². The number of carbonyl (C=O) groups is 2. The molecule has 3 amide bonds. The molecule has 0 aliphatic rings. The number of urea groups is 1. The number of nitrogens with zero attached hydrogens (tertiary/aromatic N) is 1. The van der Waals surface area contributed by atoms with Gasteiger partial charge < -0.3 is 16.4 Å². The van der Waals surface area contributed by atoms with Gasteiger partial charge in [-0.15, -0.1) is 0 Å². The average molecular weight is 364 g/mol. The maximum atomic E-state index is 12.6. The van der Waals surface area contributed by atoms with Crippen LogP contribution in [0.2, 0.25) is 0 Å². The van der Waals surface area contributed by atoms with Crippen LogP contribution >= 0.6 is 11.8 Å². The molecule has 7 heteroatoms. The standard InChI is InChI=1S/C19H16N4O2S/c20-19(25)23-14-10-8-13(9-11-14)22-17(24)16-7-4-12-21-18(16)26-15-5-2-1-3-6-15/h1-12H,(H,22,24)(H3,20,23,25). The molecule has 0 aliphatic heterocycles. The minimum Gasteiger partial charge on any atom is -0.351 e. The fourth-order valence-electron chi connectivity index (χ4n) is 2.22. The van der Waals surface area contributed by atoms with Crippen LogP contribution in [0, 0.1) is 0 Å². The van der Waals surface area contributed by atoms with Gasteiger partial charge in [-0.25, -0.2) is 9.78 Å². The molecule has 26 heavy (non-hydrogen) atoms. The van der Waals surface area contributed by atoms with E-state index >= 15 is 0 Å². The summed E-state index contributed by atoms with van der Waals surface area (Å²) in [4.78, 5) is 28.8. The van der Waals surface area contributed by atoms with Crippen LogP contribution in [0.25, 0.3) is 0 Å². The fourth-order valence-corrected chi connectivity index (χ4v) is 3.12. The fraction of sp³-hybridized carbons (Fsp3) is 0. The van der Waals surface area contributed by atoms with Crippen molar-refractivity contribution in [1.29, 1.82) is 0 Å². The molecule has 1 heterocycles. The molecule has 0 saturated carbocycles. The van der Waals surface area contributed by atoms with E-state index in [-0.39, 0.29) is 5.91 Å². The van der Waals surface area contributed by atoms with Gasteiger partial charge in [0.1, 0.15) is 5.03 Å². The Morgan fingerprint density at radius 1 is 0.846 bits per heavy atom. The molecule has 1 aromatic heterocycles. The number of pyridine rings is 1. The van der Waals surface area contributed by atoms with Crippen molar-refractivity contribution in [1.82, 2.24) is 4.98 Å². The molecule has 6 nitrogen and oxygen atoms in total. The summed E-state index contributed by atoms with van der Waals surface area (Å²) < 4.78 is 0. The summed E-state index contributed by atoms with van der Waals surface area (Å²) >= 11 is 1.43. The van der Waals surface area contributed by atoms with Crippen LogP contribution in [-0.2, 0) is 0 Å². The molecule has 0 radical (unpaired) electrons. The van der Waals surface area contributed by atoms with E-state index in [9.17, 15) is 9.59 Å². The van der Waals surface area contributed by atoms with Crippen molar-refractivity contribution < 1.29 is 9.59 Å². The minimum absolute atomic E-state index is 0.257. The lowest BCUT2D eigenvalue weighted by Gasteiger charge is -2.10. The van der Waals surface area contributed by atoms with Crippen LogP contribution in [0.3, 0.4) is 0 Å². The van der Waals surface area contributed by atoms with Crippen molar-refractivity contribution in [2.75, 3.05) is 10.6 Å². The normalized spacial score (nSPS) is 10.2. The Kier molecular flexibility index (Phi) is 5.50. The highest BCUT2D eigenvalue weighted by atomic mass is 32.2. The molecule has 130 valence electrons. The Bertz CT molecular complexity index is 914. The van der Waals surface area contributed by atoms with Crippen LogP contribution in [0.4, 0.5) is 16.2 Å². The maximum absolute atomic E-state index is 12.6. The highest BCUT2D eigenvalue weighted by Crippen LogP contribution is 2.28. The number of nitrogens with two attached hydrogens (primary N) is 1. The van der Waals surface area contributed by atoms with Crippen LogP contribution in [0.15, 0.2) is 82.8 Å². The Balaban J connectivity index is 1.75. The summed E-state index contributed by atoms with van der Waals surface area (Å²) in [6.45, 7) is 0. The summed E-state index contributed by atoms with van der Waals surface area (Å²) in [6.07, 6.45) is 1.66. The summed E-state index contributed by atoms with van der Waals surface area (Å²) in [5.74, 6) is -0.257. The van der Waals surface area contributed by atoms with Crippen molar-refractivity contribution in [3.63, 3.8) is 0 Å².